The van der Waals surface area contributed by atoms with E-state index in [0.717, 1.165) is 16.0 Å². The summed E-state index contributed by atoms with van der Waals surface area (Å²) in [5.41, 5.74) is 1.09. The van der Waals surface area contributed by atoms with E-state index in [1.54, 1.807) is 12.1 Å². The summed E-state index contributed by atoms with van der Waals surface area (Å²) in [5, 5.41) is 22.7. The van der Waals surface area contributed by atoms with Crippen LogP contribution in [0, 0.1) is 28.1 Å². The number of fused-ring (bicyclic) bond motifs is 3. The van der Waals surface area contributed by atoms with Gasteiger partial charge in [-0.1, -0.05) is 60.7 Å². The molecule has 3 heterocycles. The van der Waals surface area contributed by atoms with Crippen molar-refractivity contribution in [1.82, 2.24) is 4.90 Å². The number of rotatable bonds is 3. The van der Waals surface area contributed by atoms with Crippen molar-refractivity contribution in [3.8, 4) is 12.1 Å². The quantitative estimate of drug-likeness (QED) is 0.563. The zero-order valence-corrected chi connectivity index (χ0v) is 16.8. The molecule has 30 heavy (non-hydrogen) atoms. The number of carbonyl (C=O) groups excluding carboxylic acids is 1. The van der Waals surface area contributed by atoms with Crippen molar-refractivity contribution in [3.05, 3.63) is 99.9 Å². The Bertz CT molecular complexity index is 1200. The van der Waals surface area contributed by atoms with Gasteiger partial charge in [-0.15, -0.1) is 11.3 Å². The number of carbonyl (C=O) groups is 1. The van der Waals surface area contributed by atoms with Crippen LogP contribution in [-0.4, -0.2) is 16.7 Å². The Morgan fingerprint density at radius 2 is 1.70 bits per heavy atom. The average molecular weight is 407 g/mol. The zero-order chi connectivity index (χ0) is 20.7. The van der Waals surface area contributed by atoms with Gasteiger partial charge in [0.15, 0.2) is 11.2 Å². The van der Waals surface area contributed by atoms with Crippen LogP contribution in [0.2, 0.25) is 0 Å². The van der Waals surface area contributed by atoms with Gasteiger partial charge in [0.1, 0.15) is 6.04 Å². The first-order chi connectivity index (χ1) is 14.7. The maximum Gasteiger partial charge on any atom is 0.185 e. The second-order valence-corrected chi connectivity index (χ2v) is 8.53. The van der Waals surface area contributed by atoms with E-state index in [9.17, 15) is 15.3 Å². The third-order valence-corrected chi connectivity index (χ3v) is 7.08. The molecule has 0 saturated carbocycles. The van der Waals surface area contributed by atoms with Gasteiger partial charge in [-0.25, -0.2) is 0 Å². The molecule has 0 spiro atoms. The Kier molecular flexibility index (Phi) is 4.28. The van der Waals surface area contributed by atoms with Gasteiger partial charge < -0.3 is 4.90 Å². The molecule has 0 bridgehead atoms. The molecule has 0 aliphatic carbocycles. The van der Waals surface area contributed by atoms with Gasteiger partial charge in [0, 0.05) is 16.6 Å². The van der Waals surface area contributed by atoms with Crippen LogP contribution in [0.5, 0.6) is 0 Å². The summed E-state index contributed by atoms with van der Waals surface area (Å²) in [6, 6.07) is 24.3. The standard InChI is InChI=1S/C25H17N3OS/c26-15-25(16-27)21(20-11-6-14-30-20)22(23(29)18-8-2-1-3-9-18)28-13-12-17-7-4-5-10-19(17)24(25)28/h1-14,21-22,24H/t21-,22+,24-/m1/s1. The van der Waals surface area contributed by atoms with E-state index in [4.69, 9.17) is 0 Å². The topological polar surface area (TPSA) is 67.9 Å². The number of benzene rings is 2. The highest BCUT2D eigenvalue weighted by Crippen LogP contribution is 2.60. The fourth-order valence-corrected chi connectivity index (χ4v) is 5.78. The van der Waals surface area contributed by atoms with Crippen LogP contribution in [-0.2, 0) is 0 Å². The van der Waals surface area contributed by atoms with Gasteiger partial charge >= 0.3 is 0 Å². The first kappa shape index (κ1) is 18.4. The normalized spacial score (nSPS) is 23.1. The van der Waals surface area contributed by atoms with Crippen LogP contribution in [0.4, 0.5) is 0 Å². The first-order valence-electron chi connectivity index (χ1n) is 9.71. The van der Waals surface area contributed by atoms with Crippen molar-refractivity contribution in [1.29, 1.82) is 10.5 Å². The minimum Gasteiger partial charge on any atom is -0.357 e. The lowest BCUT2D eigenvalue weighted by Gasteiger charge is -2.34. The van der Waals surface area contributed by atoms with Gasteiger partial charge in [-0.2, -0.15) is 10.5 Å². The lowest BCUT2D eigenvalue weighted by Crippen LogP contribution is -2.37. The molecule has 5 rings (SSSR count). The highest BCUT2D eigenvalue weighted by molar-refractivity contribution is 7.10. The monoisotopic (exact) mass is 407 g/mol. The minimum absolute atomic E-state index is 0.0737. The van der Waals surface area contributed by atoms with Crippen LogP contribution in [0.1, 0.15) is 38.3 Å². The molecule has 0 amide bonds. The number of Topliss-reactive ketones (excluding diaryl/α,β-unsaturated/α-hetero) is 1. The molecule has 2 aliphatic heterocycles. The van der Waals surface area contributed by atoms with Gasteiger partial charge in [-0.3, -0.25) is 4.79 Å². The number of nitriles is 2. The molecule has 5 heteroatoms. The van der Waals surface area contributed by atoms with Crippen molar-refractivity contribution >= 4 is 23.2 Å². The van der Waals surface area contributed by atoms with Crippen LogP contribution >= 0.6 is 11.3 Å². The molecule has 3 aromatic rings. The Balaban J connectivity index is 1.77. The Morgan fingerprint density at radius 1 is 0.967 bits per heavy atom. The van der Waals surface area contributed by atoms with Crippen molar-refractivity contribution in [2.24, 2.45) is 5.41 Å². The first-order valence-corrected chi connectivity index (χ1v) is 10.6. The number of hydrogen-bond acceptors (Lipinski definition) is 5. The van der Waals surface area contributed by atoms with Gasteiger partial charge in [0.05, 0.1) is 24.1 Å². The van der Waals surface area contributed by atoms with E-state index < -0.39 is 23.4 Å². The van der Waals surface area contributed by atoms with E-state index in [1.807, 2.05) is 77.2 Å². The molecular formula is C25H17N3OS. The molecule has 0 unspecified atom stereocenters. The van der Waals surface area contributed by atoms with Gasteiger partial charge in [0.2, 0.25) is 0 Å². The average Bonchev–Trinajstić information content (AvgIpc) is 3.43. The summed E-state index contributed by atoms with van der Waals surface area (Å²) in [7, 11) is 0. The van der Waals surface area contributed by atoms with Crippen LogP contribution < -0.4 is 0 Å². The second-order valence-electron chi connectivity index (χ2n) is 7.56. The maximum atomic E-state index is 13.7. The lowest BCUT2D eigenvalue weighted by atomic mass is 9.69. The van der Waals surface area contributed by atoms with Crippen LogP contribution in [0.25, 0.3) is 6.08 Å². The maximum absolute atomic E-state index is 13.7. The van der Waals surface area contributed by atoms with E-state index in [-0.39, 0.29) is 5.78 Å². The predicted octanol–water partition coefficient (Wildman–Crippen LogP) is 5.16. The third kappa shape index (κ3) is 2.46. The highest BCUT2D eigenvalue weighted by atomic mass is 32.1. The van der Waals surface area contributed by atoms with Gasteiger partial charge in [-0.05, 0) is 28.6 Å². The molecule has 3 atom stereocenters. The zero-order valence-electron chi connectivity index (χ0n) is 16.0. The lowest BCUT2D eigenvalue weighted by molar-refractivity contribution is 0.0875. The molecule has 2 aliphatic rings. The number of nitrogens with zero attached hydrogens (tertiary/aromatic N) is 3. The molecule has 1 aromatic heterocycles. The summed E-state index contributed by atoms with van der Waals surface area (Å²) in [6.45, 7) is 0. The molecule has 0 N–H and O–H groups in total. The van der Waals surface area contributed by atoms with E-state index in [1.165, 1.54) is 11.3 Å². The van der Waals surface area contributed by atoms with Crippen molar-refractivity contribution in [2.75, 3.05) is 0 Å². The molecular weight excluding hydrogens is 390 g/mol. The Labute approximate surface area is 178 Å². The largest absolute Gasteiger partial charge is 0.357 e. The number of hydrogen-bond donors (Lipinski definition) is 0. The molecule has 1 fully saturated rings. The third-order valence-electron chi connectivity index (χ3n) is 6.12. The summed E-state index contributed by atoms with van der Waals surface area (Å²) >= 11 is 1.49. The molecule has 1 saturated heterocycles. The van der Waals surface area contributed by atoms with Crippen LogP contribution in [0.15, 0.2) is 78.3 Å². The highest BCUT2D eigenvalue weighted by Gasteiger charge is 2.64. The Hall–Kier alpha value is -3.67. The van der Waals surface area contributed by atoms with E-state index >= 15 is 0 Å². The number of ketones is 1. The van der Waals surface area contributed by atoms with Crippen LogP contribution in [0.3, 0.4) is 0 Å². The fourth-order valence-electron chi connectivity index (χ4n) is 4.84. The van der Waals surface area contributed by atoms with E-state index in [0.29, 0.717) is 5.56 Å². The smallest absolute Gasteiger partial charge is 0.185 e. The molecule has 0 radical (unpaired) electrons. The van der Waals surface area contributed by atoms with Crippen molar-refractivity contribution in [3.63, 3.8) is 0 Å². The van der Waals surface area contributed by atoms with E-state index in [2.05, 4.69) is 12.1 Å². The van der Waals surface area contributed by atoms with Gasteiger partial charge in [0.25, 0.3) is 0 Å². The summed E-state index contributed by atoms with van der Waals surface area (Å²) in [4.78, 5) is 16.6. The molecule has 2 aromatic carbocycles. The summed E-state index contributed by atoms with van der Waals surface area (Å²) < 4.78 is 0. The molecule has 4 nitrogen and oxygen atoms in total. The minimum atomic E-state index is -1.39. The summed E-state index contributed by atoms with van der Waals surface area (Å²) in [6.07, 6.45) is 3.85. The fraction of sp³-hybridized carbons (Fsp3) is 0.160. The second kappa shape index (κ2) is 6.99. The van der Waals surface area contributed by atoms with Crippen molar-refractivity contribution in [2.45, 2.75) is 18.0 Å². The predicted molar refractivity (Wildman–Crippen MR) is 115 cm³/mol. The SMILES string of the molecule is N#CC1(C#N)[C@H](c2cccs2)[C@@H](C(=O)c2ccccc2)N2C=Cc3ccccc3[C@@H]21. The van der Waals surface area contributed by atoms with Crippen molar-refractivity contribution < 1.29 is 4.79 Å². The Morgan fingerprint density at radius 3 is 2.40 bits per heavy atom. The summed E-state index contributed by atoms with van der Waals surface area (Å²) in [5.74, 6) is -0.628. The molecule has 144 valence electrons. The number of thiophene rings is 1.